The predicted octanol–water partition coefficient (Wildman–Crippen LogP) is 2.07. The van der Waals surface area contributed by atoms with Crippen LogP contribution in [-0.4, -0.2) is 67.8 Å². The van der Waals surface area contributed by atoms with E-state index in [2.05, 4.69) is 15.3 Å². The Hall–Kier alpha value is -2.72. The highest BCUT2D eigenvalue weighted by molar-refractivity contribution is 7.89. The van der Waals surface area contributed by atoms with Crippen LogP contribution in [0.2, 0.25) is 0 Å². The van der Waals surface area contributed by atoms with Gasteiger partial charge in [-0.15, -0.1) is 0 Å². The number of sulfonamides is 1. The quantitative estimate of drug-likeness (QED) is 0.693. The largest absolute Gasteiger partial charge is 0.495 e. The Morgan fingerprint density at radius 1 is 1.32 bits per heavy atom. The van der Waals surface area contributed by atoms with Crippen LogP contribution < -0.4 is 10.1 Å². The fourth-order valence-corrected chi connectivity index (χ4v) is 5.30. The van der Waals surface area contributed by atoms with Crippen LogP contribution >= 0.6 is 0 Å². The van der Waals surface area contributed by atoms with Crippen molar-refractivity contribution in [3.05, 3.63) is 41.9 Å². The lowest BCUT2D eigenvalue weighted by molar-refractivity contribution is -0.128. The maximum absolute atomic E-state index is 13.3. The Balaban J connectivity index is 1.88. The number of carbonyl (C=O) groups excluding carboxylic acids is 1. The number of hydrogen-bond donors (Lipinski definition) is 1. The summed E-state index contributed by atoms with van der Waals surface area (Å²) in [6, 6.07) is 8.50. The molecule has 0 unspecified atom stereocenters. The number of carbonyl (C=O) groups is 1. The fourth-order valence-electron chi connectivity index (χ4n) is 3.62. The molecule has 1 aromatic heterocycles. The zero-order chi connectivity index (χ0) is 22.6. The SMILES string of the molecule is CNc1cc([C@H]2CCCN(S(=O)(=O)c3ccccc3OC)C2)nc(CN(C)C(C)=O)n1. The van der Waals surface area contributed by atoms with Gasteiger partial charge in [-0.1, -0.05) is 12.1 Å². The van der Waals surface area contributed by atoms with Gasteiger partial charge in [0.15, 0.2) is 0 Å². The number of para-hydroxylation sites is 1. The molecule has 0 radical (unpaired) electrons. The molecule has 1 saturated heterocycles. The molecular formula is C21H29N5O4S. The van der Waals surface area contributed by atoms with E-state index in [4.69, 9.17) is 4.74 Å². The number of piperidine rings is 1. The summed E-state index contributed by atoms with van der Waals surface area (Å²) in [5.41, 5.74) is 0.770. The molecule has 2 aromatic rings. The van der Waals surface area contributed by atoms with E-state index in [0.29, 0.717) is 30.5 Å². The Morgan fingerprint density at radius 2 is 2.06 bits per heavy atom. The number of rotatable bonds is 7. The van der Waals surface area contributed by atoms with Gasteiger partial charge in [-0.3, -0.25) is 4.79 Å². The third-order valence-electron chi connectivity index (χ3n) is 5.45. The number of anilines is 1. The summed E-state index contributed by atoms with van der Waals surface area (Å²) < 4.78 is 33.4. The zero-order valence-corrected chi connectivity index (χ0v) is 19.1. The lowest BCUT2D eigenvalue weighted by Gasteiger charge is -2.32. The average Bonchev–Trinajstić information content (AvgIpc) is 2.78. The van der Waals surface area contributed by atoms with Crippen molar-refractivity contribution >= 4 is 21.7 Å². The van der Waals surface area contributed by atoms with Crippen LogP contribution in [0.5, 0.6) is 5.75 Å². The van der Waals surface area contributed by atoms with Crippen molar-refractivity contribution < 1.29 is 17.9 Å². The second-order valence-corrected chi connectivity index (χ2v) is 9.48. The minimum atomic E-state index is -3.71. The van der Waals surface area contributed by atoms with Crippen molar-refractivity contribution in [2.24, 2.45) is 0 Å². The second-order valence-electron chi connectivity index (χ2n) is 7.57. The normalized spacial score (nSPS) is 17.2. The van der Waals surface area contributed by atoms with Gasteiger partial charge in [-0.2, -0.15) is 4.31 Å². The standard InChI is InChI=1S/C21H29N5O4S/c1-15(27)25(3)14-21-23-17(12-20(22-2)24-21)16-8-7-11-26(13-16)31(28,29)19-10-6-5-9-18(19)30-4/h5-6,9-10,12,16H,7-8,11,13-14H2,1-4H3,(H,22,23,24)/t16-/m0/s1. The summed E-state index contributed by atoms with van der Waals surface area (Å²) in [5.74, 6) is 1.34. The van der Waals surface area contributed by atoms with Crippen molar-refractivity contribution in [3.63, 3.8) is 0 Å². The van der Waals surface area contributed by atoms with E-state index in [9.17, 15) is 13.2 Å². The van der Waals surface area contributed by atoms with Crippen LogP contribution in [-0.2, 0) is 21.4 Å². The highest BCUT2D eigenvalue weighted by Crippen LogP contribution is 2.33. The summed E-state index contributed by atoms with van der Waals surface area (Å²) in [7, 11) is 1.22. The molecule has 168 valence electrons. The molecule has 0 bridgehead atoms. The van der Waals surface area contributed by atoms with Gasteiger partial charge in [-0.05, 0) is 25.0 Å². The molecule has 1 amide bonds. The minimum Gasteiger partial charge on any atom is -0.495 e. The molecule has 1 aromatic carbocycles. The summed E-state index contributed by atoms with van der Waals surface area (Å²) in [5, 5.41) is 3.03. The number of amides is 1. The van der Waals surface area contributed by atoms with Gasteiger partial charge in [-0.25, -0.2) is 18.4 Å². The van der Waals surface area contributed by atoms with E-state index in [1.54, 1.807) is 38.4 Å². The Kier molecular flexibility index (Phi) is 7.11. The van der Waals surface area contributed by atoms with E-state index in [-0.39, 0.29) is 23.3 Å². The molecule has 1 N–H and O–H groups in total. The highest BCUT2D eigenvalue weighted by Gasteiger charge is 2.33. The van der Waals surface area contributed by atoms with Gasteiger partial charge in [0.1, 0.15) is 22.3 Å². The van der Waals surface area contributed by atoms with E-state index < -0.39 is 10.0 Å². The topological polar surface area (TPSA) is 105 Å². The Labute approximate surface area is 183 Å². The predicted molar refractivity (Wildman–Crippen MR) is 117 cm³/mol. The minimum absolute atomic E-state index is 0.0743. The smallest absolute Gasteiger partial charge is 0.246 e. The molecule has 0 spiro atoms. The Morgan fingerprint density at radius 3 is 2.74 bits per heavy atom. The van der Waals surface area contributed by atoms with Gasteiger partial charge in [0.25, 0.3) is 0 Å². The van der Waals surface area contributed by atoms with Gasteiger partial charge in [0, 0.05) is 46.1 Å². The molecule has 1 fully saturated rings. The van der Waals surface area contributed by atoms with Crippen molar-refractivity contribution in [3.8, 4) is 5.75 Å². The number of nitrogens with one attached hydrogen (secondary N) is 1. The number of benzene rings is 1. The lowest BCUT2D eigenvalue weighted by Crippen LogP contribution is -2.39. The first-order valence-electron chi connectivity index (χ1n) is 10.2. The van der Waals surface area contributed by atoms with Crippen LogP contribution in [0.15, 0.2) is 35.2 Å². The maximum atomic E-state index is 13.3. The van der Waals surface area contributed by atoms with Gasteiger partial charge in [0.2, 0.25) is 15.9 Å². The molecule has 1 aliphatic heterocycles. The van der Waals surface area contributed by atoms with E-state index >= 15 is 0 Å². The monoisotopic (exact) mass is 447 g/mol. The Bertz CT molecular complexity index is 1040. The van der Waals surface area contributed by atoms with Crippen LogP contribution in [0.3, 0.4) is 0 Å². The number of aromatic nitrogens is 2. The number of ether oxygens (including phenoxy) is 1. The summed E-state index contributed by atoms with van der Waals surface area (Å²) in [4.78, 5) is 22.4. The van der Waals surface area contributed by atoms with Gasteiger partial charge >= 0.3 is 0 Å². The van der Waals surface area contributed by atoms with Crippen LogP contribution in [0.25, 0.3) is 0 Å². The first-order valence-corrected chi connectivity index (χ1v) is 11.6. The lowest BCUT2D eigenvalue weighted by atomic mass is 9.96. The van der Waals surface area contributed by atoms with Crippen LogP contribution in [0.4, 0.5) is 5.82 Å². The highest BCUT2D eigenvalue weighted by atomic mass is 32.2. The molecule has 0 aliphatic carbocycles. The van der Waals surface area contributed by atoms with Crippen molar-refractivity contribution in [2.75, 3.05) is 39.6 Å². The fraction of sp³-hybridized carbons (Fsp3) is 0.476. The zero-order valence-electron chi connectivity index (χ0n) is 18.3. The molecule has 1 aliphatic rings. The molecule has 9 nitrogen and oxygen atoms in total. The summed E-state index contributed by atoms with van der Waals surface area (Å²) >= 11 is 0. The van der Waals surface area contributed by atoms with E-state index in [1.807, 2.05) is 6.07 Å². The van der Waals surface area contributed by atoms with E-state index in [0.717, 1.165) is 18.5 Å². The van der Waals surface area contributed by atoms with E-state index in [1.165, 1.54) is 23.2 Å². The summed E-state index contributed by atoms with van der Waals surface area (Å²) in [6.07, 6.45) is 1.54. The van der Waals surface area contributed by atoms with Crippen LogP contribution in [0, 0.1) is 0 Å². The van der Waals surface area contributed by atoms with Gasteiger partial charge in [0.05, 0.1) is 19.3 Å². The van der Waals surface area contributed by atoms with Gasteiger partial charge < -0.3 is 15.0 Å². The first-order chi connectivity index (χ1) is 14.8. The van der Waals surface area contributed by atoms with Crippen molar-refractivity contribution in [2.45, 2.75) is 37.1 Å². The summed E-state index contributed by atoms with van der Waals surface area (Å²) in [6.45, 7) is 2.54. The molecule has 31 heavy (non-hydrogen) atoms. The molecule has 10 heteroatoms. The first kappa shape index (κ1) is 23.0. The maximum Gasteiger partial charge on any atom is 0.246 e. The third kappa shape index (κ3) is 5.13. The third-order valence-corrected chi connectivity index (χ3v) is 7.36. The average molecular weight is 448 g/mol. The molecule has 0 saturated carbocycles. The second kappa shape index (κ2) is 9.61. The number of nitrogens with zero attached hydrogens (tertiary/aromatic N) is 4. The molecular weight excluding hydrogens is 418 g/mol. The van der Waals surface area contributed by atoms with Crippen molar-refractivity contribution in [1.29, 1.82) is 0 Å². The molecule has 3 rings (SSSR count). The molecule has 1 atom stereocenters. The number of hydrogen-bond acceptors (Lipinski definition) is 7. The van der Waals surface area contributed by atoms with Crippen LogP contribution in [0.1, 0.15) is 37.2 Å². The number of methoxy groups -OCH3 is 1. The van der Waals surface area contributed by atoms with Crippen molar-refractivity contribution in [1.82, 2.24) is 19.2 Å². The molecule has 2 heterocycles.